The Labute approximate surface area is 119 Å². The summed E-state index contributed by atoms with van der Waals surface area (Å²) in [5, 5.41) is 2.62. The maximum absolute atomic E-state index is 12.8. The number of nitrogen functional groups attached to an aromatic ring is 1. The van der Waals surface area contributed by atoms with Crippen molar-refractivity contribution < 1.29 is 13.2 Å². The molecule has 1 saturated heterocycles. The van der Waals surface area contributed by atoms with Crippen molar-refractivity contribution >= 4 is 21.6 Å². The van der Waals surface area contributed by atoms with Crippen molar-refractivity contribution in [2.75, 3.05) is 25.4 Å². The molecule has 1 heterocycles. The number of anilines is 1. The van der Waals surface area contributed by atoms with Crippen LogP contribution in [0.3, 0.4) is 0 Å². The van der Waals surface area contributed by atoms with Crippen molar-refractivity contribution in [3.63, 3.8) is 0 Å². The summed E-state index contributed by atoms with van der Waals surface area (Å²) in [5.41, 5.74) is 8.38. The lowest BCUT2D eigenvalue weighted by Gasteiger charge is -2.28. The molecule has 0 bridgehead atoms. The van der Waals surface area contributed by atoms with Gasteiger partial charge in [-0.1, -0.05) is 0 Å². The third-order valence-corrected chi connectivity index (χ3v) is 5.80. The summed E-state index contributed by atoms with van der Waals surface area (Å²) in [7, 11) is -3.71. The highest BCUT2D eigenvalue weighted by Gasteiger charge is 2.32. The molecule has 0 saturated carbocycles. The van der Waals surface area contributed by atoms with Gasteiger partial charge in [0.2, 0.25) is 15.9 Å². The Morgan fingerprint density at radius 3 is 2.50 bits per heavy atom. The Kier molecular flexibility index (Phi) is 3.75. The van der Waals surface area contributed by atoms with E-state index in [2.05, 4.69) is 5.32 Å². The summed E-state index contributed by atoms with van der Waals surface area (Å²) in [6.45, 7) is 5.75. The maximum atomic E-state index is 12.8. The Morgan fingerprint density at radius 2 is 1.90 bits per heavy atom. The number of aryl methyl sites for hydroxylation is 1. The highest BCUT2D eigenvalue weighted by atomic mass is 32.2. The van der Waals surface area contributed by atoms with Gasteiger partial charge in [0.15, 0.2) is 0 Å². The molecule has 110 valence electrons. The van der Waals surface area contributed by atoms with Crippen LogP contribution < -0.4 is 11.1 Å². The third kappa shape index (κ3) is 2.38. The zero-order valence-corrected chi connectivity index (χ0v) is 12.7. The van der Waals surface area contributed by atoms with E-state index in [1.165, 1.54) is 4.31 Å². The Bertz CT molecular complexity index is 642. The van der Waals surface area contributed by atoms with Crippen molar-refractivity contribution in [2.45, 2.75) is 25.7 Å². The Balaban J connectivity index is 2.57. The van der Waals surface area contributed by atoms with Crippen molar-refractivity contribution in [1.82, 2.24) is 9.62 Å². The molecular weight excluding hydrogens is 278 g/mol. The molecule has 0 atom stereocenters. The maximum Gasteiger partial charge on any atom is 0.244 e. The van der Waals surface area contributed by atoms with E-state index in [-0.39, 0.29) is 23.9 Å². The lowest BCUT2D eigenvalue weighted by Crippen LogP contribution is -2.50. The fourth-order valence-corrected chi connectivity index (χ4v) is 4.31. The molecule has 1 aliphatic rings. The van der Waals surface area contributed by atoms with Crippen LogP contribution in [0.2, 0.25) is 0 Å². The van der Waals surface area contributed by atoms with E-state index in [0.29, 0.717) is 23.4 Å². The van der Waals surface area contributed by atoms with Gasteiger partial charge in [-0.15, -0.1) is 0 Å². The molecule has 1 aromatic rings. The number of carbonyl (C=O) groups is 1. The lowest BCUT2D eigenvalue weighted by molar-refractivity contribution is -0.122. The fourth-order valence-electron chi connectivity index (χ4n) is 2.38. The number of nitrogens with one attached hydrogen (secondary N) is 1. The van der Waals surface area contributed by atoms with Crippen molar-refractivity contribution in [3.8, 4) is 0 Å². The van der Waals surface area contributed by atoms with E-state index < -0.39 is 10.0 Å². The predicted octanol–water partition coefficient (Wildman–Crippen LogP) is 0.315. The molecule has 1 amide bonds. The number of hydrogen-bond acceptors (Lipinski definition) is 4. The van der Waals surface area contributed by atoms with Gasteiger partial charge in [0.05, 0.1) is 11.4 Å². The van der Waals surface area contributed by atoms with E-state index >= 15 is 0 Å². The molecule has 7 heteroatoms. The van der Waals surface area contributed by atoms with Gasteiger partial charge in [0.1, 0.15) is 0 Å². The average molecular weight is 297 g/mol. The SMILES string of the molecule is Cc1cc(N)c(C)c(S(=O)(=O)N2CCNC(=O)C2)c1C. The normalized spacial score (nSPS) is 17.1. The molecule has 0 radical (unpaired) electrons. The van der Waals surface area contributed by atoms with Crippen LogP contribution in [-0.4, -0.2) is 38.3 Å². The Morgan fingerprint density at radius 1 is 1.25 bits per heavy atom. The quantitative estimate of drug-likeness (QED) is 0.769. The summed E-state index contributed by atoms with van der Waals surface area (Å²) < 4.78 is 26.7. The van der Waals surface area contributed by atoms with Crippen LogP contribution in [0.25, 0.3) is 0 Å². The van der Waals surface area contributed by atoms with Gasteiger partial charge in [-0.3, -0.25) is 4.79 Å². The van der Waals surface area contributed by atoms with Gasteiger partial charge in [-0.05, 0) is 43.5 Å². The molecular formula is C13H19N3O3S. The first kappa shape index (κ1) is 14.8. The minimum Gasteiger partial charge on any atom is -0.398 e. The summed E-state index contributed by atoms with van der Waals surface area (Å²) >= 11 is 0. The van der Waals surface area contributed by atoms with Gasteiger partial charge in [0.25, 0.3) is 0 Å². The molecule has 0 spiro atoms. The first-order chi connectivity index (χ1) is 9.25. The molecule has 20 heavy (non-hydrogen) atoms. The summed E-state index contributed by atoms with van der Waals surface area (Å²) in [6, 6.07) is 1.77. The first-order valence-corrected chi connectivity index (χ1v) is 7.82. The molecule has 1 aromatic carbocycles. The third-order valence-electron chi connectivity index (χ3n) is 3.68. The second-order valence-corrected chi connectivity index (χ2v) is 6.93. The molecule has 0 unspecified atom stereocenters. The molecule has 1 fully saturated rings. The largest absolute Gasteiger partial charge is 0.398 e. The summed E-state index contributed by atoms with van der Waals surface area (Å²) in [5.74, 6) is -0.282. The number of sulfonamides is 1. The van der Waals surface area contributed by atoms with Gasteiger partial charge < -0.3 is 11.1 Å². The standard InChI is InChI=1S/C13H19N3O3S/c1-8-6-11(14)10(3)13(9(8)2)20(18,19)16-5-4-15-12(17)7-16/h6H,4-5,7,14H2,1-3H3,(H,15,17). The number of piperazine rings is 1. The minimum absolute atomic E-state index is 0.144. The lowest BCUT2D eigenvalue weighted by atomic mass is 10.1. The van der Waals surface area contributed by atoms with Gasteiger partial charge in [-0.25, -0.2) is 8.42 Å². The van der Waals surface area contributed by atoms with Crippen LogP contribution in [-0.2, 0) is 14.8 Å². The zero-order chi connectivity index (χ0) is 15.1. The second kappa shape index (κ2) is 5.06. The van der Waals surface area contributed by atoms with Crippen molar-refractivity contribution in [2.24, 2.45) is 0 Å². The number of benzene rings is 1. The van der Waals surface area contributed by atoms with Crippen molar-refractivity contribution in [3.05, 3.63) is 22.8 Å². The molecule has 0 aromatic heterocycles. The number of rotatable bonds is 2. The summed E-state index contributed by atoms with van der Waals surface area (Å²) in [4.78, 5) is 11.6. The first-order valence-electron chi connectivity index (χ1n) is 6.38. The van der Waals surface area contributed by atoms with E-state index in [0.717, 1.165) is 5.56 Å². The zero-order valence-electron chi connectivity index (χ0n) is 11.9. The van der Waals surface area contributed by atoms with E-state index in [1.54, 1.807) is 19.9 Å². The highest BCUT2D eigenvalue weighted by molar-refractivity contribution is 7.89. The van der Waals surface area contributed by atoms with Crippen LogP contribution >= 0.6 is 0 Å². The summed E-state index contributed by atoms with van der Waals surface area (Å²) in [6.07, 6.45) is 0. The number of hydrogen-bond donors (Lipinski definition) is 2. The predicted molar refractivity (Wildman–Crippen MR) is 76.8 cm³/mol. The number of amides is 1. The van der Waals surface area contributed by atoms with E-state index in [9.17, 15) is 13.2 Å². The smallest absolute Gasteiger partial charge is 0.244 e. The average Bonchev–Trinajstić information content (AvgIpc) is 2.36. The second-order valence-electron chi connectivity index (χ2n) is 5.05. The van der Waals surface area contributed by atoms with Crippen LogP contribution in [0.15, 0.2) is 11.0 Å². The van der Waals surface area contributed by atoms with Crippen LogP contribution in [0, 0.1) is 20.8 Å². The van der Waals surface area contributed by atoms with Gasteiger partial charge >= 0.3 is 0 Å². The van der Waals surface area contributed by atoms with Crippen LogP contribution in [0.4, 0.5) is 5.69 Å². The highest BCUT2D eigenvalue weighted by Crippen LogP contribution is 2.30. The van der Waals surface area contributed by atoms with Crippen LogP contribution in [0.5, 0.6) is 0 Å². The molecule has 3 N–H and O–H groups in total. The molecule has 6 nitrogen and oxygen atoms in total. The number of carbonyl (C=O) groups excluding carboxylic acids is 1. The Hall–Kier alpha value is -1.60. The van der Waals surface area contributed by atoms with Gasteiger partial charge in [0, 0.05) is 18.8 Å². The number of nitrogens with two attached hydrogens (primary N) is 1. The van der Waals surface area contributed by atoms with Crippen molar-refractivity contribution in [1.29, 1.82) is 0 Å². The molecule has 0 aliphatic carbocycles. The monoisotopic (exact) mass is 297 g/mol. The van der Waals surface area contributed by atoms with Crippen LogP contribution in [0.1, 0.15) is 16.7 Å². The molecule has 2 rings (SSSR count). The van der Waals surface area contributed by atoms with E-state index in [4.69, 9.17) is 5.73 Å². The number of nitrogens with zero attached hydrogens (tertiary/aromatic N) is 1. The molecule has 1 aliphatic heterocycles. The topological polar surface area (TPSA) is 92.5 Å². The minimum atomic E-state index is -3.71. The fraction of sp³-hybridized carbons (Fsp3) is 0.462. The van der Waals surface area contributed by atoms with E-state index in [1.807, 2.05) is 6.92 Å². The van der Waals surface area contributed by atoms with Gasteiger partial charge in [-0.2, -0.15) is 4.31 Å².